The lowest BCUT2D eigenvalue weighted by Gasteiger charge is -2.09. The van der Waals surface area contributed by atoms with Crippen LogP contribution in [0.25, 0.3) is 0 Å². The fourth-order valence-corrected chi connectivity index (χ4v) is 1.98. The molecule has 0 atom stereocenters. The van der Waals surface area contributed by atoms with Gasteiger partial charge in [0.1, 0.15) is 0 Å². The maximum absolute atomic E-state index is 11.0. The molecule has 0 aliphatic heterocycles. The van der Waals surface area contributed by atoms with E-state index < -0.39 is 5.97 Å². The smallest absolute Gasteiger partial charge is 0.335 e. The lowest BCUT2D eigenvalue weighted by Crippen LogP contribution is -2.04. The minimum atomic E-state index is -0.802. The monoisotopic (exact) mass is 190 g/mol. The Morgan fingerprint density at radius 3 is 2.71 bits per heavy atom. The Kier molecular flexibility index (Phi) is 2.28. The molecule has 1 saturated carbocycles. The molecule has 0 heterocycles. The van der Waals surface area contributed by atoms with Crippen molar-refractivity contribution >= 4 is 5.97 Å². The number of rotatable bonds is 3. The van der Waals surface area contributed by atoms with Crippen LogP contribution >= 0.6 is 0 Å². The van der Waals surface area contributed by atoms with E-state index in [4.69, 9.17) is 5.11 Å². The zero-order valence-corrected chi connectivity index (χ0v) is 8.29. The topological polar surface area (TPSA) is 37.3 Å². The van der Waals surface area contributed by atoms with Crippen LogP contribution in [0.3, 0.4) is 0 Å². The highest BCUT2D eigenvalue weighted by Crippen LogP contribution is 2.42. The summed E-state index contributed by atoms with van der Waals surface area (Å²) in [6, 6.07) is 5.63. The van der Waals surface area contributed by atoms with Gasteiger partial charge in [-0.2, -0.15) is 0 Å². The number of carboxylic acids is 1. The first kappa shape index (κ1) is 9.25. The second kappa shape index (κ2) is 3.45. The molecule has 1 aliphatic carbocycles. The summed E-state index contributed by atoms with van der Waals surface area (Å²) in [4.78, 5) is 11.0. The summed E-state index contributed by atoms with van der Waals surface area (Å²) >= 11 is 0. The summed E-state index contributed by atoms with van der Waals surface area (Å²) in [7, 11) is 0. The minimum absolute atomic E-state index is 0.483. The van der Waals surface area contributed by atoms with Crippen LogP contribution in [0.1, 0.15) is 47.2 Å². The zero-order chi connectivity index (χ0) is 10.1. The fourth-order valence-electron chi connectivity index (χ4n) is 1.98. The Bertz CT molecular complexity index is 365. The average Bonchev–Trinajstić information content (AvgIpc) is 2.99. The van der Waals surface area contributed by atoms with Crippen molar-refractivity contribution in [1.82, 2.24) is 0 Å². The van der Waals surface area contributed by atoms with Crippen molar-refractivity contribution < 1.29 is 9.90 Å². The van der Waals surface area contributed by atoms with E-state index in [-0.39, 0.29) is 0 Å². The van der Waals surface area contributed by atoms with Gasteiger partial charge in [-0.15, -0.1) is 0 Å². The zero-order valence-electron chi connectivity index (χ0n) is 8.29. The largest absolute Gasteiger partial charge is 0.478 e. The van der Waals surface area contributed by atoms with E-state index in [1.165, 1.54) is 18.4 Å². The Labute approximate surface area is 83.6 Å². The molecule has 1 fully saturated rings. The lowest BCUT2D eigenvalue weighted by molar-refractivity contribution is 0.0695. The molecule has 0 unspecified atom stereocenters. The summed E-state index contributed by atoms with van der Waals surface area (Å²) in [5.41, 5.74) is 2.77. The molecule has 2 heteroatoms. The second-order valence-electron chi connectivity index (χ2n) is 3.81. The molecule has 14 heavy (non-hydrogen) atoms. The van der Waals surface area contributed by atoms with Gasteiger partial charge in [0.05, 0.1) is 5.56 Å². The number of benzene rings is 1. The number of carboxylic acid groups (broad SMARTS) is 1. The Morgan fingerprint density at radius 2 is 2.21 bits per heavy atom. The van der Waals surface area contributed by atoms with Gasteiger partial charge in [0.25, 0.3) is 0 Å². The number of carbonyl (C=O) groups is 1. The van der Waals surface area contributed by atoms with Crippen molar-refractivity contribution in [2.24, 2.45) is 0 Å². The van der Waals surface area contributed by atoms with Gasteiger partial charge in [-0.3, -0.25) is 0 Å². The van der Waals surface area contributed by atoms with Crippen LogP contribution in [0.2, 0.25) is 0 Å². The maximum atomic E-state index is 11.0. The predicted molar refractivity (Wildman–Crippen MR) is 54.8 cm³/mol. The van der Waals surface area contributed by atoms with Crippen LogP contribution in [0.5, 0.6) is 0 Å². The molecule has 0 spiro atoms. The number of hydrogen-bond donors (Lipinski definition) is 1. The standard InChI is InChI=1S/C12H14O2/c1-2-9-10(8-6-7-8)4-3-5-11(9)12(13)14/h3-5,8H,2,6-7H2,1H3,(H,13,14). The number of aromatic carboxylic acids is 1. The molecule has 2 nitrogen and oxygen atoms in total. The van der Waals surface area contributed by atoms with Crippen LogP contribution in [0, 0.1) is 0 Å². The predicted octanol–water partition coefficient (Wildman–Crippen LogP) is 2.82. The van der Waals surface area contributed by atoms with Gasteiger partial charge in [-0.05, 0) is 42.4 Å². The normalized spacial score (nSPS) is 15.5. The van der Waals surface area contributed by atoms with Crippen LogP contribution < -0.4 is 0 Å². The van der Waals surface area contributed by atoms with E-state index in [1.54, 1.807) is 6.07 Å². The molecule has 74 valence electrons. The molecule has 0 saturated heterocycles. The van der Waals surface area contributed by atoms with Crippen molar-refractivity contribution in [3.8, 4) is 0 Å². The van der Waals surface area contributed by atoms with E-state index in [2.05, 4.69) is 6.07 Å². The van der Waals surface area contributed by atoms with Crippen molar-refractivity contribution in [1.29, 1.82) is 0 Å². The van der Waals surface area contributed by atoms with Gasteiger partial charge < -0.3 is 5.11 Å². The lowest BCUT2D eigenvalue weighted by atomic mass is 9.96. The third-order valence-electron chi connectivity index (χ3n) is 2.81. The van der Waals surface area contributed by atoms with Crippen LogP contribution in [0.4, 0.5) is 0 Å². The highest BCUT2D eigenvalue weighted by molar-refractivity contribution is 5.89. The summed E-state index contributed by atoms with van der Waals surface area (Å²) in [6.07, 6.45) is 3.25. The van der Waals surface area contributed by atoms with Crippen LogP contribution in [-0.4, -0.2) is 11.1 Å². The van der Waals surface area contributed by atoms with Crippen LogP contribution in [-0.2, 0) is 6.42 Å². The first-order chi connectivity index (χ1) is 6.74. The molecule has 1 aliphatic rings. The molecule has 0 aromatic heterocycles. The molecule has 1 aromatic rings. The van der Waals surface area contributed by atoms with E-state index in [0.717, 1.165) is 12.0 Å². The molecule has 2 rings (SSSR count). The molecule has 1 N–H and O–H groups in total. The molecule has 1 aromatic carbocycles. The summed E-state index contributed by atoms with van der Waals surface area (Å²) in [5.74, 6) is -0.173. The first-order valence-electron chi connectivity index (χ1n) is 5.09. The van der Waals surface area contributed by atoms with E-state index in [0.29, 0.717) is 11.5 Å². The molecule has 0 amide bonds. The Hall–Kier alpha value is -1.31. The molecular weight excluding hydrogens is 176 g/mol. The third-order valence-corrected chi connectivity index (χ3v) is 2.81. The van der Waals surface area contributed by atoms with Gasteiger partial charge in [-0.25, -0.2) is 4.79 Å². The molecule has 0 radical (unpaired) electrons. The Morgan fingerprint density at radius 1 is 1.50 bits per heavy atom. The van der Waals surface area contributed by atoms with E-state index in [1.807, 2.05) is 13.0 Å². The number of hydrogen-bond acceptors (Lipinski definition) is 1. The van der Waals surface area contributed by atoms with Gasteiger partial charge in [-0.1, -0.05) is 19.1 Å². The quantitative estimate of drug-likeness (QED) is 0.795. The van der Waals surface area contributed by atoms with Crippen molar-refractivity contribution in [3.05, 3.63) is 34.9 Å². The summed E-state index contributed by atoms with van der Waals surface area (Å²) < 4.78 is 0. The SMILES string of the molecule is CCc1c(C(=O)O)cccc1C1CC1. The molecule has 0 bridgehead atoms. The maximum Gasteiger partial charge on any atom is 0.335 e. The average molecular weight is 190 g/mol. The first-order valence-corrected chi connectivity index (χ1v) is 5.09. The second-order valence-corrected chi connectivity index (χ2v) is 3.81. The van der Waals surface area contributed by atoms with Gasteiger partial charge in [0.15, 0.2) is 0 Å². The van der Waals surface area contributed by atoms with Crippen molar-refractivity contribution in [2.45, 2.75) is 32.1 Å². The third kappa shape index (κ3) is 1.52. The van der Waals surface area contributed by atoms with Crippen molar-refractivity contribution in [2.75, 3.05) is 0 Å². The Balaban J connectivity index is 2.49. The molecular formula is C12H14O2. The van der Waals surface area contributed by atoms with E-state index >= 15 is 0 Å². The summed E-state index contributed by atoms with van der Waals surface area (Å²) in [6.45, 7) is 2.02. The highest BCUT2D eigenvalue weighted by Gasteiger charge is 2.27. The fraction of sp³-hybridized carbons (Fsp3) is 0.417. The minimum Gasteiger partial charge on any atom is -0.478 e. The van der Waals surface area contributed by atoms with Crippen LogP contribution in [0.15, 0.2) is 18.2 Å². The summed E-state index contributed by atoms with van der Waals surface area (Å²) in [5, 5.41) is 9.02. The van der Waals surface area contributed by atoms with Crippen molar-refractivity contribution in [3.63, 3.8) is 0 Å². The van der Waals surface area contributed by atoms with Gasteiger partial charge in [0, 0.05) is 0 Å². The van der Waals surface area contributed by atoms with E-state index in [9.17, 15) is 4.79 Å². The van der Waals surface area contributed by atoms with Gasteiger partial charge in [0.2, 0.25) is 0 Å². The highest BCUT2D eigenvalue weighted by atomic mass is 16.4. The van der Waals surface area contributed by atoms with Gasteiger partial charge >= 0.3 is 5.97 Å².